The molecule has 134 valence electrons. The number of halogens is 1. The fourth-order valence-electron chi connectivity index (χ4n) is 2.77. The summed E-state index contributed by atoms with van der Waals surface area (Å²) in [7, 11) is 3.80. The Kier molecular flexibility index (Phi) is 5.43. The zero-order valence-corrected chi connectivity index (χ0v) is 14.8. The summed E-state index contributed by atoms with van der Waals surface area (Å²) in [6.45, 7) is 0.367. The highest BCUT2D eigenvalue weighted by Crippen LogP contribution is 2.18. The van der Waals surface area contributed by atoms with E-state index in [4.69, 9.17) is 0 Å². The number of amides is 1. The van der Waals surface area contributed by atoms with Gasteiger partial charge < -0.3 is 10.2 Å². The molecule has 1 unspecified atom stereocenters. The van der Waals surface area contributed by atoms with E-state index >= 15 is 0 Å². The van der Waals surface area contributed by atoms with E-state index in [1.165, 1.54) is 18.3 Å². The zero-order valence-electron chi connectivity index (χ0n) is 14.8. The van der Waals surface area contributed by atoms with E-state index in [1.807, 2.05) is 55.4 Å². The van der Waals surface area contributed by atoms with Gasteiger partial charge in [-0.25, -0.2) is 9.07 Å². The lowest BCUT2D eigenvalue weighted by Crippen LogP contribution is -2.34. The van der Waals surface area contributed by atoms with Crippen molar-refractivity contribution in [2.75, 3.05) is 20.6 Å². The van der Waals surface area contributed by atoms with Crippen LogP contribution in [0.1, 0.15) is 22.0 Å². The number of para-hydroxylation sites is 1. The van der Waals surface area contributed by atoms with Crippen molar-refractivity contribution >= 4 is 5.91 Å². The van der Waals surface area contributed by atoms with Crippen LogP contribution in [0, 0.1) is 5.82 Å². The number of nitrogens with one attached hydrogen (secondary N) is 1. The van der Waals surface area contributed by atoms with Gasteiger partial charge in [0.15, 0.2) is 0 Å². The summed E-state index contributed by atoms with van der Waals surface area (Å²) in [4.78, 5) is 14.4. The number of carbonyl (C=O) groups excluding carboxylic acids is 1. The number of rotatable bonds is 6. The van der Waals surface area contributed by atoms with Gasteiger partial charge in [-0.15, -0.1) is 0 Å². The SMILES string of the molecule is CN(C)C(CNC(=O)c1cnn(-c2ccccc2)c1)c1cccc(F)c1. The van der Waals surface area contributed by atoms with Crippen LogP contribution in [0.25, 0.3) is 5.69 Å². The smallest absolute Gasteiger partial charge is 0.254 e. The van der Waals surface area contributed by atoms with Crippen molar-refractivity contribution < 1.29 is 9.18 Å². The fourth-order valence-corrected chi connectivity index (χ4v) is 2.77. The number of hydrogen-bond acceptors (Lipinski definition) is 3. The Labute approximate surface area is 152 Å². The second-order valence-electron chi connectivity index (χ2n) is 6.25. The Hall–Kier alpha value is -2.99. The Balaban J connectivity index is 1.68. The van der Waals surface area contributed by atoms with Crippen LogP contribution in [0.3, 0.4) is 0 Å². The van der Waals surface area contributed by atoms with E-state index in [-0.39, 0.29) is 17.8 Å². The Morgan fingerprint density at radius 3 is 2.65 bits per heavy atom. The first-order valence-corrected chi connectivity index (χ1v) is 8.35. The molecule has 3 rings (SSSR count). The fraction of sp³-hybridized carbons (Fsp3) is 0.200. The summed E-state index contributed by atoms with van der Waals surface area (Å²) in [5.74, 6) is -0.500. The summed E-state index contributed by atoms with van der Waals surface area (Å²) < 4.78 is 15.2. The van der Waals surface area contributed by atoms with E-state index in [0.717, 1.165) is 11.3 Å². The Bertz CT molecular complexity index is 876. The maximum absolute atomic E-state index is 13.5. The maximum Gasteiger partial charge on any atom is 0.254 e. The van der Waals surface area contributed by atoms with Crippen LogP contribution in [0.5, 0.6) is 0 Å². The summed E-state index contributed by atoms with van der Waals surface area (Å²) in [6, 6.07) is 15.9. The minimum atomic E-state index is -0.287. The highest BCUT2D eigenvalue weighted by molar-refractivity contribution is 5.93. The Morgan fingerprint density at radius 1 is 1.19 bits per heavy atom. The van der Waals surface area contributed by atoms with Gasteiger partial charge in [-0.1, -0.05) is 30.3 Å². The van der Waals surface area contributed by atoms with Crippen molar-refractivity contribution in [3.05, 3.63) is 83.9 Å². The normalized spacial score (nSPS) is 12.2. The predicted octanol–water partition coefficient (Wildman–Crippen LogP) is 3.04. The van der Waals surface area contributed by atoms with E-state index in [2.05, 4.69) is 10.4 Å². The van der Waals surface area contributed by atoms with Gasteiger partial charge in [0.2, 0.25) is 0 Å². The molecule has 26 heavy (non-hydrogen) atoms. The molecular formula is C20H21FN4O. The average Bonchev–Trinajstić information content (AvgIpc) is 3.12. The van der Waals surface area contributed by atoms with Crippen LogP contribution in [0.2, 0.25) is 0 Å². The van der Waals surface area contributed by atoms with Gasteiger partial charge in [-0.2, -0.15) is 5.10 Å². The van der Waals surface area contributed by atoms with Gasteiger partial charge in [0.1, 0.15) is 5.82 Å². The monoisotopic (exact) mass is 352 g/mol. The molecule has 0 saturated heterocycles. The topological polar surface area (TPSA) is 50.2 Å². The molecule has 0 fully saturated rings. The number of carbonyl (C=O) groups is 1. The van der Waals surface area contributed by atoms with Crippen LogP contribution in [0.4, 0.5) is 4.39 Å². The second kappa shape index (κ2) is 7.93. The van der Waals surface area contributed by atoms with Gasteiger partial charge in [0, 0.05) is 12.7 Å². The van der Waals surface area contributed by atoms with Crippen molar-refractivity contribution in [3.63, 3.8) is 0 Å². The quantitative estimate of drug-likeness (QED) is 0.742. The lowest BCUT2D eigenvalue weighted by Gasteiger charge is -2.25. The van der Waals surface area contributed by atoms with E-state index < -0.39 is 0 Å². The first kappa shape index (κ1) is 17.8. The maximum atomic E-state index is 13.5. The molecule has 3 aromatic rings. The largest absolute Gasteiger partial charge is 0.350 e. The summed E-state index contributed by atoms with van der Waals surface area (Å²) >= 11 is 0. The van der Waals surface area contributed by atoms with Crippen molar-refractivity contribution in [1.29, 1.82) is 0 Å². The van der Waals surface area contributed by atoms with Gasteiger partial charge in [-0.05, 0) is 43.9 Å². The number of aromatic nitrogens is 2. The molecule has 2 aromatic carbocycles. The molecule has 0 radical (unpaired) electrons. The highest BCUT2D eigenvalue weighted by Gasteiger charge is 2.17. The van der Waals surface area contributed by atoms with Gasteiger partial charge in [0.25, 0.3) is 5.91 Å². The van der Waals surface area contributed by atoms with Crippen molar-refractivity contribution in [3.8, 4) is 5.69 Å². The first-order chi connectivity index (χ1) is 12.5. The molecule has 0 saturated carbocycles. The van der Waals surface area contributed by atoms with Crippen molar-refractivity contribution in [2.45, 2.75) is 6.04 Å². The minimum absolute atomic E-state index is 0.126. The highest BCUT2D eigenvalue weighted by atomic mass is 19.1. The van der Waals surface area contributed by atoms with Crippen molar-refractivity contribution in [1.82, 2.24) is 20.0 Å². The number of likely N-dealkylation sites (N-methyl/N-ethyl adjacent to an activating group) is 1. The van der Waals surface area contributed by atoms with E-state index in [9.17, 15) is 9.18 Å². The molecule has 1 amide bonds. The summed E-state index contributed by atoms with van der Waals surface area (Å²) in [6.07, 6.45) is 3.23. The molecular weight excluding hydrogens is 331 g/mol. The van der Waals surface area contributed by atoms with E-state index in [0.29, 0.717) is 12.1 Å². The average molecular weight is 352 g/mol. The number of hydrogen-bond donors (Lipinski definition) is 1. The number of nitrogens with zero attached hydrogens (tertiary/aromatic N) is 3. The molecule has 0 spiro atoms. The zero-order chi connectivity index (χ0) is 18.5. The van der Waals surface area contributed by atoms with Crippen LogP contribution in [0.15, 0.2) is 67.0 Å². The minimum Gasteiger partial charge on any atom is -0.350 e. The molecule has 0 aliphatic rings. The van der Waals surface area contributed by atoms with Crippen LogP contribution >= 0.6 is 0 Å². The van der Waals surface area contributed by atoms with Gasteiger partial charge >= 0.3 is 0 Å². The molecule has 1 N–H and O–H groups in total. The molecule has 5 nitrogen and oxygen atoms in total. The Morgan fingerprint density at radius 2 is 1.96 bits per heavy atom. The van der Waals surface area contributed by atoms with Crippen LogP contribution in [-0.4, -0.2) is 41.2 Å². The van der Waals surface area contributed by atoms with Gasteiger partial charge in [0.05, 0.1) is 23.5 Å². The third kappa shape index (κ3) is 4.15. The van der Waals surface area contributed by atoms with E-state index in [1.54, 1.807) is 16.9 Å². The molecule has 0 bridgehead atoms. The molecule has 6 heteroatoms. The summed E-state index contributed by atoms with van der Waals surface area (Å²) in [5.41, 5.74) is 2.18. The predicted molar refractivity (Wildman–Crippen MR) is 98.7 cm³/mol. The standard InChI is InChI=1S/C20H21FN4O/c1-24(2)19(15-7-6-8-17(21)11-15)13-22-20(26)16-12-23-25(14-16)18-9-4-3-5-10-18/h3-12,14,19H,13H2,1-2H3,(H,22,26). The van der Waals surface area contributed by atoms with Crippen LogP contribution < -0.4 is 5.32 Å². The first-order valence-electron chi connectivity index (χ1n) is 8.35. The lowest BCUT2D eigenvalue weighted by atomic mass is 10.1. The summed E-state index contributed by atoms with van der Waals surface area (Å²) in [5, 5.41) is 7.14. The van der Waals surface area contributed by atoms with Crippen LogP contribution in [-0.2, 0) is 0 Å². The van der Waals surface area contributed by atoms with Gasteiger partial charge in [-0.3, -0.25) is 4.79 Å². The molecule has 1 atom stereocenters. The molecule has 1 aromatic heterocycles. The second-order valence-corrected chi connectivity index (χ2v) is 6.25. The third-order valence-corrected chi connectivity index (χ3v) is 4.18. The third-order valence-electron chi connectivity index (χ3n) is 4.18. The number of benzene rings is 2. The lowest BCUT2D eigenvalue weighted by molar-refractivity contribution is 0.0942. The van der Waals surface area contributed by atoms with Crippen molar-refractivity contribution in [2.24, 2.45) is 0 Å². The molecule has 0 aliphatic carbocycles. The molecule has 1 heterocycles. The molecule has 0 aliphatic heterocycles.